The lowest BCUT2D eigenvalue weighted by atomic mass is 10.1. The van der Waals surface area contributed by atoms with E-state index in [9.17, 15) is 4.79 Å². The van der Waals surface area contributed by atoms with Gasteiger partial charge in [-0.15, -0.1) is 0 Å². The lowest BCUT2D eigenvalue weighted by molar-refractivity contribution is -0.121. The second-order valence-corrected chi connectivity index (χ2v) is 14.3. The molecule has 0 unspecified atom stereocenters. The quantitative estimate of drug-likeness (QED) is 0.137. The molecule has 11 heteroatoms. The van der Waals surface area contributed by atoms with Gasteiger partial charge in [0.15, 0.2) is 0 Å². The van der Waals surface area contributed by atoms with Crippen LogP contribution in [0.1, 0.15) is 75.3 Å². The van der Waals surface area contributed by atoms with E-state index in [0.717, 1.165) is 163 Å². The first kappa shape index (κ1) is 42.7. The highest BCUT2D eigenvalue weighted by atomic mass is 16.1. The number of unbranched alkanes of at least 4 members (excludes halogenated alkanes) is 3. The van der Waals surface area contributed by atoms with Gasteiger partial charge in [-0.25, -0.2) is 0 Å². The molecule has 2 aliphatic heterocycles. The molecule has 2 saturated heterocycles. The summed E-state index contributed by atoms with van der Waals surface area (Å²) in [6.45, 7) is 22.2. The Morgan fingerprint density at radius 1 is 0.540 bits per heavy atom. The number of nitrogens with zero attached hydrogens (tertiary/aromatic N) is 3. The molecule has 11 nitrogen and oxygen atoms in total. The molecule has 0 saturated carbocycles. The third-order valence-corrected chi connectivity index (χ3v) is 9.87. The Labute approximate surface area is 306 Å². The zero-order chi connectivity index (χ0) is 35.2. The molecule has 1 amide bonds. The van der Waals surface area contributed by atoms with Gasteiger partial charge in [0.05, 0.1) is 0 Å². The Morgan fingerprint density at radius 3 is 1.64 bits per heavy atom. The van der Waals surface area contributed by atoms with Crippen molar-refractivity contribution in [1.82, 2.24) is 51.9 Å². The van der Waals surface area contributed by atoms with E-state index < -0.39 is 0 Å². The van der Waals surface area contributed by atoms with Gasteiger partial charge in [-0.2, -0.15) is 0 Å². The Balaban J connectivity index is 1.42. The molecule has 2 aliphatic rings. The van der Waals surface area contributed by atoms with Crippen LogP contribution in [0.5, 0.6) is 0 Å². The van der Waals surface area contributed by atoms with Gasteiger partial charge in [-0.05, 0) is 135 Å². The Kier molecular flexibility index (Phi) is 25.5. The molecule has 0 aromatic heterocycles. The van der Waals surface area contributed by atoms with Crippen molar-refractivity contribution in [1.29, 1.82) is 0 Å². The number of rotatable bonds is 15. The van der Waals surface area contributed by atoms with Crippen LogP contribution < -0.4 is 37.2 Å². The van der Waals surface area contributed by atoms with Crippen LogP contribution in [0.3, 0.4) is 0 Å². The maximum Gasteiger partial charge on any atom is 0.219 e. The summed E-state index contributed by atoms with van der Waals surface area (Å²) in [5.41, 5.74) is 2.82. The van der Waals surface area contributed by atoms with Crippen LogP contribution in [0, 0.1) is 0 Å². The largest absolute Gasteiger partial charge is 0.356 e. The smallest absolute Gasteiger partial charge is 0.219 e. The Hall–Kier alpha value is -1.67. The molecule has 0 aliphatic carbocycles. The van der Waals surface area contributed by atoms with Crippen LogP contribution in [0.25, 0.3) is 0 Å². The van der Waals surface area contributed by atoms with Gasteiger partial charge in [-0.3, -0.25) is 14.6 Å². The van der Waals surface area contributed by atoms with Crippen LogP contribution in [0.2, 0.25) is 0 Å². The zero-order valence-corrected chi connectivity index (χ0v) is 32.0. The van der Waals surface area contributed by atoms with Crippen molar-refractivity contribution in [3.63, 3.8) is 0 Å². The van der Waals surface area contributed by atoms with E-state index in [-0.39, 0.29) is 5.91 Å². The molecule has 0 bridgehead atoms. The summed E-state index contributed by atoms with van der Waals surface area (Å²) < 4.78 is 0. The molecular formula is C39H76N10O. The summed E-state index contributed by atoms with van der Waals surface area (Å²) in [6.07, 6.45) is 10.8. The average Bonchev–Trinajstić information content (AvgIpc) is 3.12. The van der Waals surface area contributed by atoms with E-state index in [1.165, 1.54) is 43.2 Å². The van der Waals surface area contributed by atoms with Crippen LogP contribution >= 0.6 is 0 Å². The highest BCUT2D eigenvalue weighted by Gasteiger charge is 2.12. The zero-order valence-electron chi connectivity index (χ0n) is 32.0. The minimum Gasteiger partial charge on any atom is -0.356 e. The number of nitrogens with one attached hydrogen (secondary N) is 7. The van der Waals surface area contributed by atoms with Crippen LogP contribution in [0.15, 0.2) is 24.3 Å². The number of carbonyl (C=O) groups excluding carboxylic acids is 1. The molecule has 0 radical (unpaired) electrons. The van der Waals surface area contributed by atoms with Crippen molar-refractivity contribution < 1.29 is 4.79 Å². The first-order valence-electron chi connectivity index (χ1n) is 20.4. The predicted octanol–water partition coefficient (Wildman–Crippen LogP) is 1.80. The summed E-state index contributed by atoms with van der Waals surface area (Å²) in [6, 6.07) is 9.45. The minimum atomic E-state index is 0.214. The third kappa shape index (κ3) is 22.3. The molecule has 2 fully saturated rings. The van der Waals surface area contributed by atoms with E-state index in [1.807, 2.05) is 7.05 Å². The van der Waals surface area contributed by atoms with Gasteiger partial charge in [0, 0.05) is 78.4 Å². The van der Waals surface area contributed by atoms with Crippen LogP contribution in [-0.2, 0) is 17.9 Å². The lowest BCUT2D eigenvalue weighted by Crippen LogP contribution is -2.38. The van der Waals surface area contributed by atoms with E-state index >= 15 is 0 Å². The fourth-order valence-electron chi connectivity index (χ4n) is 6.82. The molecule has 3 rings (SSSR count). The molecule has 1 aromatic carbocycles. The van der Waals surface area contributed by atoms with Gasteiger partial charge < -0.3 is 42.1 Å². The van der Waals surface area contributed by atoms with Crippen molar-refractivity contribution in [3.8, 4) is 0 Å². The second kappa shape index (κ2) is 29.9. The first-order chi connectivity index (χ1) is 24.7. The van der Waals surface area contributed by atoms with Gasteiger partial charge in [-0.1, -0.05) is 30.7 Å². The number of carbonyl (C=O) groups is 1. The highest BCUT2D eigenvalue weighted by Crippen LogP contribution is 2.12. The van der Waals surface area contributed by atoms with Crippen molar-refractivity contribution >= 4 is 5.91 Å². The third-order valence-electron chi connectivity index (χ3n) is 9.87. The van der Waals surface area contributed by atoms with Crippen LogP contribution in [-0.4, -0.2) is 152 Å². The molecule has 0 spiro atoms. The second-order valence-electron chi connectivity index (χ2n) is 14.3. The standard InChI is InChI=1S/C39H76N10O/c1-40-16-4-2-5-22-46-39(50)11-3-6-28-47-30-10-31-49(34-27-45-20-8-19-43-25-32-47)36-38-14-12-37(13-15-38)35-48-29-9-21-42-24-23-41-17-7-18-44-26-33-48/h12-15,40-45H,2-11,16-36H2,1H3,(H,46,50). The maximum atomic E-state index is 12.3. The Morgan fingerprint density at radius 2 is 1.04 bits per heavy atom. The number of hydrogen-bond acceptors (Lipinski definition) is 10. The minimum absolute atomic E-state index is 0.214. The van der Waals surface area contributed by atoms with Gasteiger partial charge >= 0.3 is 0 Å². The summed E-state index contributed by atoms with van der Waals surface area (Å²) in [5, 5.41) is 24.4. The Bertz CT molecular complexity index is 922. The van der Waals surface area contributed by atoms with Crippen LogP contribution in [0.4, 0.5) is 0 Å². The number of amides is 1. The van der Waals surface area contributed by atoms with E-state index in [4.69, 9.17) is 0 Å². The molecular weight excluding hydrogens is 624 g/mol. The van der Waals surface area contributed by atoms with Gasteiger partial charge in [0.1, 0.15) is 0 Å². The highest BCUT2D eigenvalue weighted by molar-refractivity contribution is 5.75. The van der Waals surface area contributed by atoms with E-state index in [0.29, 0.717) is 6.42 Å². The fourth-order valence-corrected chi connectivity index (χ4v) is 6.82. The maximum absolute atomic E-state index is 12.3. The van der Waals surface area contributed by atoms with Crippen molar-refractivity contribution in [2.75, 3.05) is 131 Å². The summed E-state index contributed by atoms with van der Waals surface area (Å²) in [4.78, 5) is 20.2. The molecule has 1 aromatic rings. The van der Waals surface area contributed by atoms with Crippen molar-refractivity contribution in [2.24, 2.45) is 0 Å². The lowest BCUT2D eigenvalue weighted by Gasteiger charge is -2.27. The summed E-state index contributed by atoms with van der Waals surface area (Å²) in [5.74, 6) is 0.214. The topological polar surface area (TPSA) is 111 Å². The van der Waals surface area contributed by atoms with E-state index in [1.54, 1.807) is 0 Å². The summed E-state index contributed by atoms with van der Waals surface area (Å²) >= 11 is 0. The fraction of sp³-hybridized carbons (Fsp3) is 0.821. The number of benzene rings is 1. The monoisotopic (exact) mass is 701 g/mol. The normalized spacial score (nSPS) is 20.1. The number of hydrogen-bond donors (Lipinski definition) is 7. The molecule has 0 atom stereocenters. The van der Waals surface area contributed by atoms with E-state index in [2.05, 4.69) is 76.2 Å². The first-order valence-corrected chi connectivity index (χ1v) is 20.4. The molecule has 50 heavy (non-hydrogen) atoms. The van der Waals surface area contributed by atoms with Gasteiger partial charge in [0.25, 0.3) is 0 Å². The molecule has 288 valence electrons. The molecule has 7 N–H and O–H groups in total. The molecule has 2 heterocycles. The van der Waals surface area contributed by atoms with Crippen molar-refractivity contribution in [2.45, 2.75) is 77.3 Å². The predicted molar refractivity (Wildman–Crippen MR) is 211 cm³/mol. The SMILES string of the molecule is CNCCCCCNC(=O)CCCCN1CCCN(Cc2ccc(CN3CCCNCCNCCCNCC3)cc2)CCNCCCNCC1. The summed E-state index contributed by atoms with van der Waals surface area (Å²) in [7, 11) is 1.99. The van der Waals surface area contributed by atoms with Crippen molar-refractivity contribution in [3.05, 3.63) is 35.4 Å². The average molecular weight is 701 g/mol. The van der Waals surface area contributed by atoms with Gasteiger partial charge in [0.2, 0.25) is 5.91 Å².